The molecule has 0 saturated carbocycles. The number of fused-ring (bicyclic) bond motifs is 1. The molecule has 1 aliphatic heterocycles. The van der Waals surface area contributed by atoms with Gasteiger partial charge in [0.15, 0.2) is 0 Å². The van der Waals surface area contributed by atoms with Crippen molar-refractivity contribution in [3.8, 4) is 6.07 Å². The molecule has 1 saturated heterocycles. The van der Waals surface area contributed by atoms with E-state index in [9.17, 15) is 0 Å². The minimum Gasteiger partial charge on any atom is -0.369 e. The molecule has 2 aromatic carbocycles. The third kappa shape index (κ3) is 3.24. The Labute approximate surface area is 148 Å². The van der Waals surface area contributed by atoms with Crippen molar-refractivity contribution in [3.63, 3.8) is 0 Å². The number of hydrogen-bond acceptors (Lipinski definition) is 3. The molecule has 0 aliphatic carbocycles. The van der Waals surface area contributed by atoms with E-state index in [1.807, 2.05) is 18.2 Å². The van der Waals surface area contributed by atoms with Gasteiger partial charge in [0.2, 0.25) is 0 Å². The van der Waals surface area contributed by atoms with Crippen molar-refractivity contribution in [2.45, 2.75) is 6.54 Å². The molecule has 0 radical (unpaired) electrons. The van der Waals surface area contributed by atoms with Crippen molar-refractivity contribution >= 4 is 16.6 Å². The maximum atomic E-state index is 9.12. The van der Waals surface area contributed by atoms with Crippen LogP contribution in [0.5, 0.6) is 0 Å². The Morgan fingerprint density at radius 2 is 1.72 bits per heavy atom. The molecule has 0 atom stereocenters. The third-order valence-electron chi connectivity index (χ3n) is 5.06. The standard InChI is InChI=1S/C21H22N4/c1-23-10-12-24(13-11-23)20-6-3-17(4-7-20)16-25-9-8-19-5-2-18(15-22)14-21(19)25/h2-9,14H,10-13,16H2,1H3. The van der Waals surface area contributed by atoms with Crippen molar-refractivity contribution in [1.82, 2.24) is 9.47 Å². The first-order valence-corrected chi connectivity index (χ1v) is 8.74. The number of aromatic nitrogens is 1. The Hall–Kier alpha value is -2.77. The van der Waals surface area contributed by atoms with E-state index in [2.05, 4.69) is 64.0 Å². The predicted octanol–water partition coefficient (Wildman–Crippen LogP) is 3.31. The number of hydrogen-bond donors (Lipinski definition) is 0. The summed E-state index contributed by atoms with van der Waals surface area (Å²) in [7, 11) is 2.18. The van der Waals surface area contributed by atoms with E-state index in [1.165, 1.54) is 16.6 Å². The van der Waals surface area contributed by atoms with Gasteiger partial charge >= 0.3 is 0 Å². The van der Waals surface area contributed by atoms with Crippen LogP contribution in [-0.4, -0.2) is 42.7 Å². The summed E-state index contributed by atoms with van der Waals surface area (Å²) in [6.45, 7) is 5.25. The summed E-state index contributed by atoms with van der Waals surface area (Å²) in [6, 6.07) is 19.1. The number of piperazine rings is 1. The number of rotatable bonds is 3. The lowest BCUT2D eigenvalue weighted by Crippen LogP contribution is -2.44. The van der Waals surface area contributed by atoms with E-state index in [0.717, 1.165) is 38.2 Å². The maximum absolute atomic E-state index is 9.12. The van der Waals surface area contributed by atoms with Crippen LogP contribution in [0.15, 0.2) is 54.7 Å². The van der Waals surface area contributed by atoms with E-state index < -0.39 is 0 Å². The monoisotopic (exact) mass is 330 g/mol. The summed E-state index contributed by atoms with van der Waals surface area (Å²) in [5.74, 6) is 0. The Morgan fingerprint density at radius 1 is 0.960 bits per heavy atom. The summed E-state index contributed by atoms with van der Waals surface area (Å²) in [5, 5.41) is 10.3. The molecular weight excluding hydrogens is 308 g/mol. The van der Waals surface area contributed by atoms with Gasteiger partial charge in [0, 0.05) is 50.1 Å². The van der Waals surface area contributed by atoms with E-state index in [1.54, 1.807) is 0 Å². The van der Waals surface area contributed by atoms with Gasteiger partial charge in [0.05, 0.1) is 11.6 Å². The summed E-state index contributed by atoms with van der Waals surface area (Å²) in [5.41, 5.74) is 4.40. The van der Waals surface area contributed by atoms with Crippen molar-refractivity contribution in [1.29, 1.82) is 5.26 Å². The second kappa shape index (κ2) is 6.62. The second-order valence-corrected chi connectivity index (χ2v) is 6.79. The molecule has 1 fully saturated rings. The highest BCUT2D eigenvalue weighted by Crippen LogP contribution is 2.21. The third-order valence-corrected chi connectivity index (χ3v) is 5.06. The van der Waals surface area contributed by atoms with Gasteiger partial charge in [0.1, 0.15) is 0 Å². The zero-order valence-electron chi connectivity index (χ0n) is 14.5. The van der Waals surface area contributed by atoms with E-state index in [0.29, 0.717) is 5.56 Å². The quantitative estimate of drug-likeness (QED) is 0.739. The van der Waals surface area contributed by atoms with Gasteiger partial charge in [-0.15, -0.1) is 0 Å². The molecule has 25 heavy (non-hydrogen) atoms. The first-order chi connectivity index (χ1) is 12.2. The van der Waals surface area contributed by atoms with Gasteiger partial charge in [-0.05, 0) is 48.3 Å². The molecule has 126 valence electrons. The Morgan fingerprint density at radius 3 is 2.44 bits per heavy atom. The number of nitriles is 1. The molecule has 0 amide bonds. The molecule has 1 aromatic heterocycles. The fourth-order valence-electron chi connectivity index (χ4n) is 3.46. The maximum Gasteiger partial charge on any atom is 0.0992 e. The SMILES string of the molecule is CN1CCN(c2ccc(Cn3ccc4ccc(C#N)cc43)cc2)CC1. The molecule has 2 heterocycles. The van der Waals surface area contributed by atoms with Crippen LogP contribution in [0.2, 0.25) is 0 Å². The summed E-state index contributed by atoms with van der Waals surface area (Å²) < 4.78 is 2.21. The topological polar surface area (TPSA) is 35.2 Å². The van der Waals surface area contributed by atoms with Crippen molar-refractivity contribution in [2.24, 2.45) is 0 Å². The van der Waals surface area contributed by atoms with Crippen LogP contribution in [0.25, 0.3) is 10.9 Å². The van der Waals surface area contributed by atoms with Gasteiger partial charge in [-0.25, -0.2) is 0 Å². The molecule has 4 heteroatoms. The summed E-state index contributed by atoms with van der Waals surface area (Å²) >= 11 is 0. The lowest BCUT2D eigenvalue weighted by Gasteiger charge is -2.34. The molecule has 4 nitrogen and oxygen atoms in total. The van der Waals surface area contributed by atoms with E-state index >= 15 is 0 Å². The molecule has 0 unspecified atom stereocenters. The zero-order chi connectivity index (χ0) is 17.2. The Kier molecular flexibility index (Phi) is 4.17. The average molecular weight is 330 g/mol. The lowest BCUT2D eigenvalue weighted by molar-refractivity contribution is 0.313. The van der Waals surface area contributed by atoms with Gasteiger partial charge in [-0.3, -0.25) is 0 Å². The molecule has 0 spiro atoms. The van der Waals surface area contributed by atoms with E-state index in [4.69, 9.17) is 5.26 Å². The van der Waals surface area contributed by atoms with Crippen LogP contribution < -0.4 is 4.90 Å². The minimum atomic E-state index is 0.706. The fourth-order valence-corrected chi connectivity index (χ4v) is 3.46. The number of benzene rings is 2. The molecule has 4 rings (SSSR count). The van der Waals surface area contributed by atoms with Gasteiger partial charge in [0.25, 0.3) is 0 Å². The highest BCUT2D eigenvalue weighted by atomic mass is 15.2. The van der Waals surface area contributed by atoms with E-state index in [-0.39, 0.29) is 0 Å². The molecule has 0 bridgehead atoms. The first kappa shape index (κ1) is 15.7. The van der Waals surface area contributed by atoms with Crippen molar-refractivity contribution in [2.75, 3.05) is 38.1 Å². The van der Waals surface area contributed by atoms with Crippen LogP contribution in [0, 0.1) is 11.3 Å². The van der Waals surface area contributed by atoms with Gasteiger partial charge < -0.3 is 14.4 Å². The zero-order valence-corrected chi connectivity index (χ0v) is 14.5. The van der Waals surface area contributed by atoms with Crippen molar-refractivity contribution < 1.29 is 0 Å². The molecule has 3 aromatic rings. The molecular formula is C21H22N4. The van der Waals surface area contributed by atoms with Gasteiger partial charge in [-0.1, -0.05) is 18.2 Å². The fraction of sp³-hybridized carbons (Fsp3) is 0.286. The largest absolute Gasteiger partial charge is 0.369 e. The van der Waals surface area contributed by atoms with Crippen LogP contribution >= 0.6 is 0 Å². The predicted molar refractivity (Wildman–Crippen MR) is 102 cm³/mol. The van der Waals surface area contributed by atoms with Crippen LogP contribution in [0.1, 0.15) is 11.1 Å². The number of anilines is 1. The summed E-state index contributed by atoms with van der Waals surface area (Å²) in [4.78, 5) is 4.82. The second-order valence-electron chi connectivity index (χ2n) is 6.79. The average Bonchev–Trinajstić information content (AvgIpc) is 3.05. The highest BCUT2D eigenvalue weighted by molar-refractivity contribution is 5.81. The lowest BCUT2D eigenvalue weighted by atomic mass is 10.1. The smallest absolute Gasteiger partial charge is 0.0992 e. The summed E-state index contributed by atoms with van der Waals surface area (Å²) in [6.07, 6.45) is 2.10. The molecule has 1 aliphatic rings. The van der Waals surface area contributed by atoms with Crippen LogP contribution in [0.4, 0.5) is 5.69 Å². The van der Waals surface area contributed by atoms with Crippen LogP contribution in [-0.2, 0) is 6.54 Å². The minimum absolute atomic E-state index is 0.706. The van der Waals surface area contributed by atoms with Crippen LogP contribution in [0.3, 0.4) is 0 Å². The Bertz CT molecular complexity index is 909. The Balaban J connectivity index is 1.53. The number of nitrogens with zero attached hydrogens (tertiary/aromatic N) is 4. The normalized spacial score (nSPS) is 15.4. The number of likely N-dealkylation sites (N-methyl/N-ethyl adjacent to an activating group) is 1. The van der Waals surface area contributed by atoms with Gasteiger partial charge in [-0.2, -0.15) is 5.26 Å². The van der Waals surface area contributed by atoms with Crippen molar-refractivity contribution in [3.05, 3.63) is 65.9 Å². The highest BCUT2D eigenvalue weighted by Gasteiger charge is 2.14. The molecule has 0 N–H and O–H groups in total. The first-order valence-electron chi connectivity index (χ1n) is 8.74.